The molecule has 90 valence electrons. The van der Waals surface area contributed by atoms with Gasteiger partial charge in [0.1, 0.15) is 17.0 Å². The molecule has 1 saturated carbocycles. The van der Waals surface area contributed by atoms with Crippen molar-refractivity contribution in [3.63, 3.8) is 0 Å². The van der Waals surface area contributed by atoms with Crippen LogP contribution < -0.4 is 0 Å². The fraction of sp³-hybridized carbons (Fsp3) is 0.750. The molecule has 1 atom stereocenters. The van der Waals surface area contributed by atoms with E-state index in [4.69, 9.17) is 4.74 Å². The molecule has 0 saturated heterocycles. The first-order chi connectivity index (χ1) is 7.53. The zero-order valence-corrected chi connectivity index (χ0v) is 9.88. The quantitative estimate of drug-likeness (QED) is 0.528. The first-order valence-corrected chi connectivity index (χ1v) is 5.73. The lowest BCUT2D eigenvalue weighted by atomic mass is 9.80. The van der Waals surface area contributed by atoms with Gasteiger partial charge in [-0.05, 0) is 33.1 Å². The third-order valence-corrected chi connectivity index (χ3v) is 3.11. The molecule has 1 aliphatic carbocycles. The Kier molecular flexibility index (Phi) is 4.21. The van der Waals surface area contributed by atoms with Gasteiger partial charge in [0.15, 0.2) is 0 Å². The van der Waals surface area contributed by atoms with Crippen molar-refractivity contribution in [2.45, 2.75) is 46.0 Å². The van der Waals surface area contributed by atoms with Crippen LogP contribution in [-0.4, -0.2) is 24.1 Å². The Bertz CT molecular complexity index is 308. The summed E-state index contributed by atoms with van der Waals surface area (Å²) < 4.78 is 4.96. The van der Waals surface area contributed by atoms with Gasteiger partial charge in [0.25, 0.3) is 0 Å². The monoisotopic (exact) mass is 226 g/mol. The van der Waals surface area contributed by atoms with E-state index in [2.05, 4.69) is 0 Å². The van der Waals surface area contributed by atoms with E-state index in [0.717, 1.165) is 6.42 Å². The predicted octanol–water partition coefficient (Wildman–Crippen LogP) is 1.66. The van der Waals surface area contributed by atoms with Crippen LogP contribution in [0.5, 0.6) is 0 Å². The number of esters is 1. The second kappa shape index (κ2) is 5.23. The molecule has 0 unspecified atom stereocenters. The van der Waals surface area contributed by atoms with Crippen molar-refractivity contribution in [2.24, 2.45) is 5.41 Å². The Balaban J connectivity index is 2.80. The molecule has 0 spiro atoms. The van der Waals surface area contributed by atoms with Crippen molar-refractivity contribution < 1.29 is 19.1 Å². The molecule has 4 nitrogen and oxygen atoms in total. The van der Waals surface area contributed by atoms with E-state index >= 15 is 0 Å². The maximum atomic E-state index is 11.8. The predicted molar refractivity (Wildman–Crippen MR) is 57.8 cm³/mol. The average molecular weight is 226 g/mol. The highest BCUT2D eigenvalue weighted by Crippen LogP contribution is 2.40. The second-order valence-corrected chi connectivity index (χ2v) is 4.28. The number of rotatable bonds is 5. The van der Waals surface area contributed by atoms with Crippen molar-refractivity contribution in [3.05, 3.63) is 0 Å². The summed E-state index contributed by atoms with van der Waals surface area (Å²) in [5.74, 6) is -0.505. The van der Waals surface area contributed by atoms with E-state index in [1.807, 2.05) is 0 Å². The molecular weight excluding hydrogens is 208 g/mol. The fourth-order valence-corrected chi connectivity index (χ4v) is 2.17. The molecule has 0 aromatic carbocycles. The number of hydrogen-bond donors (Lipinski definition) is 0. The highest BCUT2D eigenvalue weighted by atomic mass is 16.5. The van der Waals surface area contributed by atoms with Gasteiger partial charge in [-0.2, -0.15) is 0 Å². The number of ether oxygens (including phenoxy) is 1. The normalized spacial score (nSPS) is 24.5. The zero-order chi connectivity index (χ0) is 12.2. The molecule has 0 aliphatic heterocycles. The summed E-state index contributed by atoms with van der Waals surface area (Å²) >= 11 is 0. The Morgan fingerprint density at radius 2 is 2.12 bits per heavy atom. The zero-order valence-electron chi connectivity index (χ0n) is 9.88. The van der Waals surface area contributed by atoms with Gasteiger partial charge in [-0.15, -0.1) is 0 Å². The van der Waals surface area contributed by atoms with Crippen molar-refractivity contribution >= 4 is 17.5 Å². The lowest BCUT2D eigenvalue weighted by Crippen LogP contribution is -2.37. The van der Waals surface area contributed by atoms with Gasteiger partial charge in [0.05, 0.1) is 6.61 Å². The maximum absolute atomic E-state index is 11.8. The van der Waals surface area contributed by atoms with Gasteiger partial charge >= 0.3 is 5.97 Å². The van der Waals surface area contributed by atoms with Crippen molar-refractivity contribution in [3.8, 4) is 0 Å². The molecular formula is C12H18O4. The molecule has 4 heteroatoms. The number of Topliss-reactive ketones (excluding diaryl/α,β-unsaturated/α-hetero) is 2. The van der Waals surface area contributed by atoms with Crippen LogP contribution in [0.15, 0.2) is 0 Å². The third-order valence-electron chi connectivity index (χ3n) is 3.11. The Morgan fingerprint density at radius 1 is 1.44 bits per heavy atom. The van der Waals surface area contributed by atoms with Gasteiger partial charge in [0.2, 0.25) is 0 Å². The Labute approximate surface area is 95.3 Å². The molecule has 0 radical (unpaired) electrons. The van der Waals surface area contributed by atoms with Crippen LogP contribution in [0.25, 0.3) is 0 Å². The lowest BCUT2D eigenvalue weighted by Gasteiger charge is -2.24. The van der Waals surface area contributed by atoms with Crippen LogP contribution >= 0.6 is 0 Å². The summed E-state index contributed by atoms with van der Waals surface area (Å²) in [5.41, 5.74) is -1.03. The third kappa shape index (κ3) is 2.49. The summed E-state index contributed by atoms with van der Waals surface area (Å²) in [7, 11) is 0. The van der Waals surface area contributed by atoms with Gasteiger partial charge < -0.3 is 9.53 Å². The highest BCUT2D eigenvalue weighted by Gasteiger charge is 2.49. The summed E-state index contributed by atoms with van der Waals surface area (Å²) in [6, 6.07) is 0. The SMILES string of the molecule is CCOC(=O)[C@@]1(CCC(C)=O)CCCC1=O. The number of carbonyl (C=O) groups is 3. The van der Waals surface area contributed by atoms with Crippen LogP contribution in [0, 0.1) is 5.41 Å². The molecule has 0 N–H and O–H groups in total. The van der Waals surface area contributed by atoms with E-state index in [-0.39, 0.29) is 24.6 Å². The molecule has 1 aliphatic rings. The summed E-state index contributed by atoms with van der Waals surface area (Å²) in [5, 5.41) is 0. The van der Waals surface area contributed by atoms with Crippen LogP contribution in [0.3, 0.4) is 0 Å². The molecule has 0 bridgehead atoms. The molecule has 0 heterocycles. The van der Waals surface area contributed by atoms with Crippen molar-refractivity contribution in [1.82, 2.24) is 0 Å². The van der Waals surface area contributed by atoms with Crippen molar-refractivity contribution in [1.29, 1.82) is 0 Å². The van der Waals surface area contributed by atoms with E-state index in [1.54, 1.807) is 6.92 Å². The minimum Gasteiger partial charge on any atom is -0.465 e. The molecule has 16 heavy (non-hydrogen) atoms. The van der Waals surface area contributed by atoms with E-state index in [0.29, 0.717) is 19.3 Å². The van der Waals surface area contributed by atoms with E-state index in [1.165, 1.54) is 6.92 Å². The Morgan fingerprint density at radius 3 is 2.56 bits per heavy atom. The van der Waals surface area contributed by atoms with E-state index < -0.39 is 11.4 Å². The number of ketones is 2. The van der Waals surface area contributed by atoms with Crippen LogP contribution in [-0.2, 0) is 19.1 Å². The van der Waals surface area contributed by atoms with Crippen molar-refractivity contribution in [2.75, 3.05) is 6.61 Å². The first-order valence-electron chi connectivity index (χ1n) is 5.73. The number of carbonyl (C=O) groups excluding carboxylic acids is 3. The first kappa shape index (κ1) is 12.9. The summed E-state index contributed by atoms with van der Waals surface area (Å²) in [6.07, 6.45) is 2.24. The number of hydrogen-bond acceptors (Lipinski definition) is 4. The van der Waals surface area contributed by atoms with Crippen LogP contribution in [0.1, 0.15) is 46.0 Å². The van der Waals surface area contributed by atoms with Gasteiger partial charge in [0, 0.05) is 12.8 Å². The molecule has 1 rings (SSSR count). The molecule has 1 fully saturated rings. The second-order valence-electron chi connectivity index (χ2n) is 4.28. The lowest BCUT2D eigenvalue weighted by molar-refractivity contribution is -0.159. The maximum Gasteiger partial charge on any atom is 0.319 e. The largest absolute Gasteiger partial charge is 0.465 e. The Hall–Kier alpha value is -1.19. The summed E-state index contributed by atoms with van der Waals surface area (Å²) in [6.45, 7) is 3.46. The minimum atomic E-state index is -1.03. The molecule has 0 aromatic heterocycles. The van der Waals surface area contributed by atoms with Gasteiger partial charge in [-0.1, -0.05) is 0 Å². The van der Waals surface area contributed by atoms with Gasteiger partial charge in [-0.25, -0.2) is 0 Å². The van der Waals surface area contributed by atoms with Crippen LogP contribution in [0.2, 0.25) is 0 Å². The average Bonchev–Trinajstić information content (AvgIpc) is 2.58. The molecule has 0 aromatic rings. The fourth-order valence-electron chi connectivity index (χ4n) is 2.17. The highest BCUT2D eigenvalue weighted by molar-refractivity contribution is 6.05. The topological polar surface area (TPSA) is 60.4 Å². The van der Waals surface area contributed by atoms with Crippen LogP contribution in [0.4, 0.5) is 0 Å². The molecule has 0 amide bonds. The van der Waals surface area contributed by atoms with Gasteiger partial charge in [-0.3, -0.25) is 9.59 Å². The standard InChI is InChI=1S/C12H18O4/c1-3-16-11(15)12(8-6-9(2)13)7-4-5-10(12)14/h3-8H2,1-2H3/t12-/m1/s1. The minimum absolute atomic E-state index is 0.00312. The smallest absolute Gasteiger partial charge is 0.319 e. The summed E-state index contributed by atoms with van der Waals surface area (Å²) in [4.78, 5) is 34.6. The van der Waals surface area contributed by atoms with E-state index in [9.17, 15) is 14.4 Å².